The summed E-state index contributed by atoms with van der Waals surface area (Å²) in [6.45, 7) is 0. The summed E-state index contributed by atoms with van der Waals surface area (Å²) in [5, 5.41) is 0. The second-order valence-electron chi connectivity index (χ2n) is 3.31. The van der Waals surface area contributed by atoms with Gasteiger partial charge in [-0.05, 0) is 12.1 Å². The lowest BCUT2D eigenvalue weighted by Gasteiger charge is -2.08. The zero-order chi connectivity index (χ0) is 11.5. The molecule has 1 aromatic carbocycles. The molecule has 4 heteroatoms. The molecule has 0 aliphatic rings. The van der Waals surface area contributed by atoms with Crippen molar-refractivity contribution in [1.29, 1.82) is 0 Å². The lowest BCUT2D eigenvalue weighted by Crippen LogP contribution is -1.95. The first-order valence-electron chi connectivity index (χ1n) is 4.77. The van der Waals surface area contributed by atoms with E-state index in [1.165, 1.54) is 19.4 Å². The van der Waals surface area contributed by atoms with Gasteiger partial charge >= 0.3 is 0 Å². The van der Waals surface area contributed by atoms with Gasteiger partial charge in [0.2, 0.25) is 5.88 Å². The van der Waals surface area contributed by atoms with Gasteiger partial charge in [-0.25, -0.2) is 9.37 Å². The number of hydrogen-bond acceptors (Lipinski definition) is 3. The first kappa shape index (κ1) is 10.4. The Labute approximate surface area is 92.7 Å². The highest BCUT2D eigenvalue weighted by Crippen LogP contribution is 2.31. The molecule has 2 rings (SSSR count). The van der Waals surface area contributed by atoms with Crippen LogP contribution in [0.1, 0.15) is 0 Å². The minimum atomic E-state index is -0.326. The van der Waals surface area contributed by atoms with Crippen LogP contribution in [0.3, 0.4) is 0 Å². The normalized spacial score (nSPS) is 10.1. The molecule has 0 bridgehead atoms. The summed E-state index contributed by atoms with van der Waals surface area (Å²) in [5.74, 6) is 0.0347. The molecule has 1 heterocycles. The van der Waals surface area contributed by atoms with Crippen molar-refractivity contribution in [2.45, 2.75) is 0 Å². The molecule has 0 unspecified atom stereocenters. The van der Waals surface area contributed by atoms with E-state index in [0.717, 1.165) is 0 Å². The highest BCUT2D eigenvalue weighted by atomic mass is 19.1. The van der Waals surface area contributed by atoms with Gasteiger partial charge in [-0.1, -0.05) is 18.2 Å². The SMILES string of the molecule is COc1ncc(N)cc1-c1ccccc1F. The average molecular weight is 218 g/mol. The lowest BCUT2D eigenvalue weighted by atomic mass is 10.1. The monoisotopic (exact) mass is 218 g/mol. The van der Waals surface area contributed by atoms with E-state index in [-0.39, 0.29) is 5.82 Å². The zero-order valence-corrected chi connectivity index (χ0v) is 8.77. The predicted molar refractivity (Wildman–Crippen MR) is 60.6 cm³/mol. The number of nitrogen functional groups attached to an aromatic ring is 1. The molecule has 0 aliphatic carbocycles. The van der Waals surface area contributed by atoms with Crippen LogP contribution in [0.5, 0.6) is 5.88 Å². The third kappa shape index (κ3) is 1.82. The van der Waals surface area contributed by atoms with Gasteiger partial charge in [0.1, 0.15) is 5.82 Å². The number of aromatic nitrogens is 1. The van der Waals surface area contributed by atoms with Crippen LogP contribution in [0.15, 0.2) is 36.5 Å². The fraction of sp³-hybridized carbons (Fsp3) is 0.0833. The van der Waals surface area contributed by atoms with Crippen LogP contribution in [0.25, 0.3) is 11.1 Å². The Bertz CT molecular complexity index is 514. The molecule has 2 N–H and O–H groups in total. The van der Waals surface area contributed by atoms with E-state index in [9.17, 15) is 4.39 Å². The molecule has 0 radical (unpaired) electrons. The number of rotatable bonds is 2. The highest BCUT2D eigenvalue weighted by molar-refractivity contribution is 5.72. The Morgan fingerprint density at radius 2 is 2.00 bits per heavy atom. The van der Waals surface area contributed by atoms with Gasteiger partial charge in [0.05, 0.1) is 19.0 Å². The molecule has 0 amide bonds. The smallest absolute Gasteiger partial charge is 0.221 e. The molecule has 82 valence electrons. The second kappa shape index (κ2) is 4.18. The summed E-state index contributed by atoms with van der Waals surface area (Å²) in [5.41, 5.74) is 7.09. The first-order valence-corrected chi connectivity index (χ1v) is 4.77. The van der Waals surface area contributed by atoms with E-state index in [2.05, 4.69) is 4.98 Å². The summed E-state index contributed by atoms with van der Waals surface area (Å²) < 4.78 is 18.7. The number of methoxy groups -OCH3 is 1. The van der Waals surface area contributed by atoms with Crippen LogP contribution in [0.2, 0.25) is 0 Å². The van der Waals surface area contributed by atoms with Gasteiger partial charge in [-0.3, -0.25) is 0 Å². The lowest BCUT2D eigenvalue weighted by molar-refractivity contribution is 0.399. The maximum Gasteiger partial charge on any atom is 0.221 e. The Morgan fingerprint density at radius 1 is 1.25 bits per heavy atom. The van der Waals surface area contributed by atoms with Gasteiger partial charge in [0.15, 0.2) is 0 Å². The second-order valence-corrected chi connectivity index (χ2v) is 3.31. The van der Waals surface area contributed by atoms with Crippen molar-refractivity contribution < 1.29 is 9.13 Å². The molecule has 3 nitrogen and oxygen atoms in total. The summed E-state index contributed by atoms with van der Waals surface area (Å²) in [7, 11) is 1.49. The Hall–Kier alpha value is -2.10. The average Bonchev–Trinajstić information content (AvgIpc) is 2.29. The number of ether oxygens (including phenoxy) is 1. The number of nitrogens with zero attached hydrogens (tertiary/aromatic N) is 1. The summed E-state index contributed by atoms with van der Waals surface area (Å²) in [4.78, 5) is 4.00. The van der Waals surface area contributed by atoms with Crippen LogP contribution in [0.4, 0.5) is 10.1 Å². The summed E-state index contributed by atoms with van der Waals surface area (Å²) in [6.07, 6.45) is 1.48. The maximum atomic E-state index is 13.6. The van der Waals surface area contributed by atoms with Crippen molar-refractivity contribution in [3.63, 3.8) is 0 Å². The predicted octanol–water partition coefficient (Wildman–Crippen LogP) is 2.48. The van der Waals surface area contributed by atoms with E-state index >= 15 is 0 Å². The van der Waals surface area contributed by atoms with Crippen molar-refractivity contribution in [2.24, 2.45) is 0 Å². The molecular formula is C12H11FN2O. The van der Waals surface area contributed by atoms with E-state index < -0.39 is 0 Å². The molecule has 0 aliphatic heterocycles. The van der Waals surface area contributed by atoms with Crippen molar-refractivity contribution in [1.82, 2.24) is 4.98 Å². The number of halogens is 1. The van der Waals surface area contributed by atoms with Crippen molar-refractivity contribution in [2.75, 3.05) is 12.8 Å². The minimum absolute atomic E-state index is 0.326. The summed E-state index contributed by atoms with van der Waals surface area (Å²) in [6, 6.07) is 8.07. The topological polar surface area (TPSA) is 48.1 Å². The van der Waals surface area contributed by atoms with Crippen LogP contribution in [-0.4, -0.2) is 12.1 Å². The highest BCUT2D eigenvalue weighted by Gasteiger charge is 2.11. The Kier molecular flexibility index (Phi) is 2.72. The van der Waals surface area contributed by atoms with Gasteiger partial charge < -0.3 is 10.5 Å². The molecular weight excluding hydrogens is 207 g/mol. The van der Waals surface area contributed by atoms with Gasteiger partial charge in [0, 0.05) is 11.1 Å². The third-order valence-electron chi connectivity index (χ3n) is 2.23. The molecule has 2 aromatic rings. The Balaban J connectivity index is 2.63. The standard InChI is InChI=1S/C12H11FN2O/c1-16-12-10(6-8(14)7-15-12)9-4-2-3-5-11(9)13/h2-7H,14H2,1H3. The molecule has 0 fully saturated rings. The molecule has 0 saturated heterocycles. The fourth-order valence-electron chi connectivity index (χ4n) is 1.50. The fourth-order valence-corrected chi connectivity index (χ4v) is 1.50. The van der Waals surface area contributed by atoms with E-state index in [1.54, 1.807) is 24.3 Å². The van der Waals surface area contributed by atoms with Crippen LogP contribution >= 0.6 is 0 Å². The molecule has 16 heavy (non-hydrogen) atoms. The number of hydrogen-bond donors (Lipinski definition) is 1. The number of pyridine rings is 1. The minimum Gasteiger partial charge on any atom is -0.481 e. The van der Waals surface area contributed by atoms with Crippen LogP contribution < -0.4 is 10.5 Å². The van der Waals surface area contributed by atoms with E-state index in [4.69, 9.17) is 10.5 Å². The molecule has 1 aromatic heterocycles. The molecule has 0 saturated carbocycles. The van der Waals surface area contributed by atoms with Crippen molar-refractivity contribution in [3.05, 3.63) is 42.3 Å². The van der Waals surface area contributed by atoms with Gasteiger partial charge in [0.25, 0.3) is 0 Å². The zero-order valence-electron chi connectivity index (χ0n) is 8.77. The van der Waals surface area contributed by atoms with Crippen molar-refractivity contribution >= 4 is 5.69 Å². The number of nitrogens with two attached hydrogens (primary N) is 1. The molecule has 0 atom stereocenters. The number of benzene rings is 1. The van der Waals surface area contributed by atoms with Crippen molar-refractivity contribution in [3.8, 4) is 17.0 Å². The number of anilines is 1. The van der Waals surface area contributed by atoms with Crippen LogP contribution in [0, 0.1) is 5.82 Å². The van der Waals surface area contributed by atoms with Gasteiger partial charge in [-0.2, -0.15) is 0 Å². The molecule has 0 spiro atoms. The largest absolute Gasteiger partial charge is 0.481 e. The maximum absolute atomic E-state index is 13.6. The third-order valence-corrected chi connectivity index (χ3v) is 2.23. The quantitative estimate of drug-likeness (QED) is 0.842. The van der Waals surface area contributed by atoms with E-state index in [0.29, 0.717) is 22.7 Å². The van der Waals surface area contributed by atoms with Gasteiger partial charge in [-0.15, -0.1) is 0 Å². The summed E-state index contributed by atoms with van der Waals surface area (Å²) >= 11 is 0. The van der Waals surface area contributed by atoms with Crippen LogP contribution in [-0.2, 0) is 0 Å². The first-order chi connectivity index (χ1) is 7.72. The Morgan fingerprint density at radius 3 is 2.69 bits per heavy atom. The van der Waals surface area contributed by atoms with E-state index in [1.807, 2.05) is 0 Å².